The van der Waals surface area contributed by atoms with Gasteiger partial charge in [0.15, 0.2) is 0 Å². The van der Waals surface area contributed by atoms with Gasteiger partial charge in [0, 0.05) is 6.54 Å². The molecule has 1 aliphatic carbocycles. The predicted molar refractivity (Wildman–Crippen MR) is 87.3 cm³/mol. The second-order valence-corrected chi connectivity index (χ2v) is 6.53. The highest BCUT2D eigenvalue weighted by Crippen LogP contribution is 2.42. The molecule has 3 rings (SSSR count). The number of aliphatic hydroxyl groups is 1. The Hall–Kier alpha value is -1.61. The van der Waals surface area contributed by atoms with E-state index in [0.29, 0.717) is 13.0 Å². The molecule has 1 atom stereocenters. The standard InChI is InChI=1S/C19H25NO2/c1-2-3-4-5-13-20-17(14-18(20)21)15-7-9-16(10-8-15)19(22)11-6-12-19/h4-5,7-10,17,22H,2-3,6,11-14H2,1H3/t17-/m1/s1. The molecule has 3 nitrogen and oxygen atoms in total. The van der Waals surface area contributed by atoms with E-state index in [-0.39, 0.29) is 11.9 Å². The molecule has 1 aliphatic heterocycles. The fraction of sp³-hybridized carbons (Fsp3) is 0.526. The first kappa shape index (κ1) is 15.3. The topological polar surface area (TPSA) is 40.5 Å². The van der Waals surface area contributed by atoms with Crippen molar-refractivity contribution >= 4 is 5.91 Å². The maximum Gasteiger partial charge on any atom is 0.225 e. The van der Waals surface area contributed by atoms with Crippen molar-refractivity contribution in [2.45, 2.75) is 57.1 Å². The van der Waals surface area contributed by atoms with Crippen LogP contribution >= 0.6 is 0 Å². The number of likely N-dealkylation sites (tertiary alicyclic amines) is 1. The van der Waals surface area contributed by atoms with E-state index in [2.05, 4.69) is 31.2 Å². The molecule has 0 aromatic heterocycles. The maximum atomic E-state index is 11.8. The summed E-state index contributed by atoms with van der Waals surface area (Å²) in [6.45, 7) is 2.86. The summed E-state index contributed by atoms with van der Waals surface area (Å²) >= 11 is 0. The van der Waals surface area contributed by atoms with Crippen LogP contribution in [0.25, 0.3) is 0 Å². The minimum Gasteiger partial charge on any atom is -0.385 e. The quantitative estimate of drug-likeness (QED) is 0.643. The number of β-lactam (4-membered cyclic amide) rings is 1. The van der Waals surface area contributed by atoms with E-state index >= 15 is 0 Å². The van der Waals surface area contributed by atoms with Gasteiger partial charge >= 0.3 is 0 Å². The third-order valence-electron chi connectivity index (χ3n) is 5.00. The van der Waals surface area contributed by atoms with E-state index in [1.54, 1.807) is 0 Å². The normalized spacial score (nSPS) is 23.5. The summed E-state index contributed by atoms with van der Waals surface area (Å²) in [5.41, 5.74) is 1.59. The lowest BCUT2D eigenvalue weighted by molar-refractivity contribution is -0.145. The first-order valence-electron chi connectivity index (χ1n) is 8.41. The van der Waals surface area contributed by atoms with Gasteiger partial charge in [-0.2, -0.15) is 0 Å². The molecule has 1 saturated heterocycles. The van der Waals surface area contributed by atoms with E-state index < -0.39 is 5.60 Å². The Morgan fingerprint density at radius 1 is 1.27 bits per heavy atom. The van der Waals surface area contributed by atoms with Crippen LogP contribution < -0.4 is 0 Å². The molecule has 2 aliphatic rings. The molecular weight excluding hydrogens is 274 g/mol. The minimum absolute atomic E-state index is 0.198. The van der Waals surface area contributed by atoms with Crippen molar-refractivity contribution < 1.29 is 9.90 Å². The zero-order valence-electron chi connectivity index (χ0n) is 13.3. The first-order chi connectivity index (χ1) is 10.6. The molecule has 3 heteroatoms. The Bertz CT molecular complexity index is 557. The summed E-state index contributed by atoms with van der Waals surface area (Å²) in [6, 6.07) is 8.41. The van der Waals surface area contributed by atoms with Crippen molar-refractivity contribution in [1.29, 1.82) is 0 Å². The van der Waals surface area contributed by atoms with Gasteiger partial charge in [-0.25, -0.2) is 0 Å². The van der Waals surface area contributed by atoms with E-state index in [9.17, 15) is 9.90 Å². The fourth-order valence-corrected chi connectivity index (χ4v) is 3.27. The van der Waals surface area contributed by atoms with Crippen LogP contribution in [0.4, 0.5) is 0 Å². The van der Waals surface area contributed by atoms with Crippen molar-refractivity contribution in [3.05, 3.63) is 47.5 Å². The van der Waals surface area contributed by atoms with Gasteiger partial charge in [-0.05, 0) is 36.8 Å². The zero-order valence-corrected chi connectivity index (χ0v) is 13.3. The summed E-state index contributed by atoms with van der Waals surface area (Å²) in [5, 5.41) is 10.4. The highest BCUT2D eigenvalue weighted by molar-refractivity contribution is 5.83. The van der Waals surface area contributed by atoms with Crippen molar-refractivity contribution in [2.24, 2.45) is 0 Å². The Balaban J connectivity index is 1.64. The summed E-state index contributed by atoms with van der Waals surface area (Å²) in [6.07, 6.45) is 9.89. The predicted octanol–water partition coefficient (Wildman–Crippen LogP) is 3.69. The van der Waals surface area contributed by atoms with Crippen LogP contribution in [0.15, 0.2) is 36.4 Å². The number of nitrogens with zero attached hydrogens (tertiary/aromatic N) is 1. The average Bonchev–Trinajstić information content (AvgIpc) is 2.50. The Morgan fingerprint density at radius 3 is 2.55 bits per heavy atom. The Morgan fingerprint density at radius 2 is 2.00 bits per heavy atom. The number of carbonyl (C=O) groups excluding carboxylic acids is 1. The third-order valence-corrected chi connectivity index (χ3v) is 5.00. The number of hydrogen-bond donors (Lipinski definition) is 1. The Labute approximate surface area is 132 Å². The van der Waals surface area contributed by atoms with Gasteiger partial charge < -0.3 is 10.0 Å². The molecule has 0 unspecified atom stereocenters. The monoisotopic (exact) mass is 299 g/mol. The molecule has 1 amide bonds. The third kappa shape index (κ3) is 2.82. The second kappa shape index (κ2) is 6.25. The molecule has 22 heavy (non-hydrogen) atoms. The number of rotatable bonds is 6. The first-order valence-corrected chi connectivity index (χ1v) is 8.41. The van der Waals surface area contributed by atoms with Gasteiger partial charge in [0.2, 0.25) is 5.91 Å². The summed E-state index contributed by atoms with van der Waals surface area (Å²) < 4.78 is 0. The van der Waals surface area contributed by atoms with Gasteiger partial charge in [0.05, 0.1) is 18.1 Å². The van der Waals surface area contributed by atoms with Crippen molar-refractivity contribution in [3.8, 4) is 0 Å². The van der Waals surface area contributed by atoms with E-state index in [1.807, 2.05) is 17.0 Å². The van der Waals surface area contributed by atoms with Crippen molar-refractivity contribution in [3.63, 3.8) is 0 Å². The molecule has 0 spiro atoms. The van der Waals surface area contributed by atoms with Gasteiger partial charge in [-0.15, -0.1) is 0 Å². The van der Waals surface area contributed by atoms with Gasteiger partial charge in [0.25, 0.3) is 0 Å². The van der Waals surface area contributed by atoms with Crippen molar-refractivity contribution in [1.82, 2.24) is 4.90 Å². The Kier molecular flexibility index (Phi) is 4.34. The van der Waals surface area contributed by atoms with Crippen LogP contribution in [-0.2, 0) is 10.4 Å². The fourth-order valence-electron chi connectivity index (χ4n) is 3.27. The SMILES string of the molecule is CCCC=CCN1C(=O)C[C@@H]1c1ccc(C2(O)CCC2)cc1. The molecule has 2 fully saturated rings. The average molecular weight is 299 g/mol. The molecule has 0 radical (unpaired) electrons. The smallest absolute Gasteiger partial charge is 0.225 e. The molecule has 1 heterocycles. The van der Waals surface area contributed by atoms with Gasteiger partial charge in [-0.1, -0.05) is 49.8 Å². The number of carbonyl (C=O) groups is 1. The molecule has 1 aromatic carbocycles. The number of allylic oxidation sites excluding steroid dienone is 1. The zero-order chi connectivity index (χ0) is 15.6. The van der Waals surface area contributed by atoms with Crippen LogP contribution in [0.1, 0.15) is 62.6 Å². The molecule has 1 aromatic rings. The molecule has 0 bridgehead atoms. The van der Waals surface area contributed by atoms with Crippen LogP contribution in [0, 0.1) is 0 Å². The lowest BCUT2D eigenvalue weighted by Gasteiger charge is -2.41. The minimum atomic E-state index is -0.601. The molecule has 1 N–H and O–H groups in total. The lowest BCUT2D eigenvalue weighted by atomic mass is 9.75. The number of benzene rings is 1. The highest BCUT2D eigenvalue weighted by Gasteiger charge is 2.38. The lowest BCUT2D eigenvalue weighted by Crippen LogP contribution is -2.46. The van der Waals surface area contributed by atoms with Gasteiger partial charge in [0.1, 0.15) is 0 Å². The van der Waals surface area contributed by atoms with Crippen LogP contribution in [0.3, 0.4) is 0 Å². The van der Waals surface area contributed by atoms with Crippen LogP contribution in [0.5, 0.6) is 0 Å². The largest absolute Gasteiger partial charge is 0.385 e. The van der Waals surface area contributed by atoms with E-state index in [4.69, 9.17) is 0 Å². The van der Waals surface area contributed by atoms with Gasteiger partial charge in [-0.3, -0.25) is 4.79 Å². The van der Waals surface area contributed by atoms with E-state index in [0.717, 1.165) is 37.7 Å². The highest BCUT2D eigenvalue weighted by atomic mass is 16.3. The molecule has 1 saturated carbocycles. The second-order valence-electron chi connectivity index (χ2n) is 6.53. The van der Waals surface area contributed by atoms with Crippen molar-refractivity contribution in [2.75, 3.05) is 6.54 Å². The van der Waals surface area contributed by atoms with Crippen LogP contribution in [-0.4, -0.2) is 22.5 Å². The number of hydrogen-bond acceptors (Lipinski definition) is 2. The van der Waals surface area contributed by atoms with Crippen LogP contribution in [0.2, 0.25) is 0 Å². The summed E-state index contributed by atoms with van der Waals surface area (Å²) in [5.74, 6) is 0.229. The molecule has 118 valence electrons. The summed E-state index contributed by atoms with van der Waals surface area (Å²) in [7, 11) is 0. The summed E-state index contributed by atoms with van der Waals surface area (Å²) in [4.78, 5) is 13.7. The maximum absolute atomic E-state index is 11.8. The van der Waals surface area contributed by atoms with E-state index in [1.165, 1.54) is 5.56 Å². The number of unbranched alkanes of at least 4 members (excludes halogenated alkanes) is 1. The number of amides is 1. The molecular formula is C19H25NO2.